The fourth-order valence-corrected chi connectivity index (χ4v) is 0. The van der Waals surface area contributed by atoms with Gasteiger partial charge >= 0.3 is 16.1 Å². The van der Waals surface area contributed by atoms with E-state index in [0.717, 1.165) is 0 Å². The monoisotopic (exact) mass is 58.0 g/mol. The first kappa shape index (κ1) is 4.05. The summed E-state index contributed by atoms with van der Waals surface area (Å²) >= 11 is 0. The van der Waals surface area contributed by atoms with Crippen molar-refractivity contribution in [2.45, 2.75) is 0 Å². The first-order chi connectivity index (χ1) is 1.91. The van der Waals surface area contributed by atoms with Crippen LogP contribution < -0.4 is 0 Å². The zero-order valence-electron chi connectivity index (χ0n) is 2.82. The molecule has 0 aromatic heterocycles. The van der Waals surface area contributed by atoms with Crippen molar-refractivity contribution < 1.29 is 9.61 Å². The molecule has 0 aromatic rings. The van der Waals surface area contributed by atoms with E-state index in [1.54, 1.807) is 0 Å². The Hall–Kier alpha value is 0.0499. The smallest absolute Gasteiger partial charge is 0.303 e. The Balaban J connectivity index is 1.97. The van der Waals surface area contributed by atoms with E-state index in [1.165, 1.54) is 16.1 Å². The van der Waals surface area contributed by atoms with Crippen LogP contribution in [0.2, 0.25) is 0 Å². The second-order valence-electron chi connectivity index (χ2n) is 0.333. The second-order valence-corrected chi connectivity index (χ2v) is 0.333. The summed E-state index contributed by atoms with van der Waals surface area (Å²) in [6.45, 7) is 0. The van der Waals surface area contributed by atoms with Gasteiger partial charge in [0.2, 0.25) is 0 Å². The molecule has 0 unspecified atom stereocenters. The SMILES string of the molecule is BOOB. The van der Waals surface area contributed by atoms with Gasteiger partial charge in [-0.1, -0.05) is 0 Å². The molecule has 0 rings (SSSR count). The fraction of sp³-hybridized carbons (Fsp3) is 0. The minimum atomic E-state index is 1.46. The summed E-state index contributed by atoms with van der Waals surface area (Å²) < 4.78 is 0. The van der Waals surface area contributed by atoms with E-state index < -0.39 is 0 Å². The molecule has 4 heteroatoms. The van der Waals surface area contributed by atoms with Crippen LogP contribution >= 0.6 is 0 Å². The molecule has 0 aliphatic heterocycles. The molecular weight excluding hydrogens is 53.6 g/mol. The van der Waals surface area contributed by atoms with Gasteiger partial charge in [0.1, 0.15) is 0 Å². The highest BCUT2D eigenvalue weighted by Gasteiger charge is 1.50. The van der Waals surface area contributed by atoms with Gasteiger partial charge in [0, 0.05) is 0 Å². The van der Waals surface area contributed by atoms with E-state index >= 15 is 0 Å². The Morgan fingerprint density at radius 1 is 1.00 bits per heavy atom. The summed E-state index contributed by atoms with van der Waals surface area (Å²) in [6.07, 6.45) is 0. The van der Waals surface area contributed by atoms with Crippen molar-refractivity contribution in [3.63, 3.8) is 0 Å². The Morgan fingerprint density at radius 3 is 1.25 bits per heavy atom. The van der Waals surface area contributed by atoms with E-state index in [2.05, 4.69) is 9.61 Å². The molecule has 0 bridgehead atoms. The van der Waals surface area contributed by atoms with Gasteiger partial charge in [-0.05, 0) is 0 Å². The fourth-order valence-electron chi connectivity index (χ4n) is 0. The van der Waals surface area contributed by atoms with E-state index in [0.29, 0.717) is 0 Å². The number of rotatable bonds is 1. The molecule has 0 saturated carbocycles. The second kappa shape index (κ2) is 3.05. The predicted molar refractivity (Wildman–Crippen MR) is 19.3 cm³/mol. The maximum Gasteiger partial charge on any atom is 0.303 e. The Kier molecular flexibility index (Phi) is 3.09. The van der Waals surface area contributed by atoms with Crippen molar-refractivity contribution in [2.24, 2.45) is 0 Å². The average Bonchev–Trinajstić information content (AvgIpc) is 1.37. The summed E-state index contributed by atoms with van der Waals surface area (Å²) in [5.41, 5.74) is 0. The van der Waals surface area contributed by atoms with Crippen LogP contribution in [0.3, 0.4) is 0 Å². The molecule has 4 heavy (non-hydrogen) atoms. The minimum Gasteiger partial charge on any atom is -0.331 e. The lowest BCUT2D eigenvalue weighted by Gasteiger charge is -1.80. The summed E-state index contributed by atoms with van der Waals surface area (Å²) in [4.78, 5) is 8.08. The van der Waals surface area contributed by atoms with Gasteiger partial charge in [-0.2, -0.15) is 0 Å². The third-order valence-electron chi connectivity index (χ3n) is 0.167. The Bertz CT molecular complexity index is 6.00. The Morgan fingerprint density at radius 2 is 1.25 bits per heavy atom. The third kappa shape index (κ3) is 2.05. The van der Waals surface area contributed by atoms with Crippen molar-refractivity contribution in [3.8, 4) is 0 Å². The molecule has 0 N–H and O–H groups in total. The first-order valence-electron chi connectivity index (χ1n) is 0.983. The molecule has 0 radical (unpaired) electrons. The van der Waals surface area contributed by atoms with Crippen molar-refractivity contribution in [1.29, 1.82) is 0 Å². The molecule has 2 nitrogen and oxygen atoms in total. The molecule has 0 spiro atoms. The van der Waals surface area contributed by atoms with Crippen LogP contribution in [0.5, 0.6) is 0 Å². The van der Waals surface area contributed by atoms with Crippen LogP contribution in [0, 0.1) is 0 Å². The highest BCUT2D eigenvalue weighted by atomic mass is 17.2. The van der Waals surface area contributed by atoms with Crippen LogP contribution in [-0.4, -0.2) is 16.1 Å². The van der Waals surface area contributed by atoms with Crippen molar-refractivity contribution >= 4 is 16.1 Å². The molecule has 0 aliphatic rings. The van der Waals surface area contributed by atoms with E-state index in [4.69, 9.17) is 0 Å². The van der Waals surface area contributed by atoms with Crippen molar-refractivity contribution in [2.75, 3.05) is 0 Å². The van der Waals surface area contributed by atoms with Gasteiger partial charge in [-0.25, -0.2) is 0 Å². The molecule has 0 fully saturated rings. The van der Waals surface area contributed by atoms with Crippen LogP contribution in [0.25, 0.3) is 0 Å². The van der Waals surface area contributed by atoms with Crippen molar-refractivity contribution in [3.05, 3.63) is 0 Å². The lowest BCUT2D eigenvalue weighted by Crippen LogP contribution is -1.78. The Labute approximate surface area is 26.9 Å². The first-order valence-corrected chi connectivity index (χ1v) is 0.983. The predicted octanol–water partition coefficient (Wildman–Crippen LogP) is -1.97. The number of hydrogen-bond donors (Lipinski definition) is 0. The van der Waals surface area contributed by atoms with Crippen LogP contribution in [0.15, 0.2) is 0 Å². The summed E-state index contributed by atoms with van der Waals surface area (Å²) in [7, 11) is 2.92. The molecule has 0 atom stereocenters. The van der Waals surface area contributed by atoms with Crippen molar-refractivity contribution in [1.82, 2.24) is 0 Å². The van der Waals surface area contributed by atoms with Gasteiger partial charge < -0.3 is 9.61 Å². The maximum absolute atomic E-state index is 4.04. The summed E-state index contributed by atoms with van der Waals surface area (Å²) in [6, 6.07) is 0. The molecule has 0 aromatic carbocycles. The molecule has 0 saturated heterocycles. The molecule has 22 valence electrons. The van der Waals surface area contributed by atoms with Crippen LogP contribution in [0.1, 0.15) is 0 Å². The van der Waals surface area contributed by atoms with Gasteiger partial charge in [0.25, 0.3) is 0 Å². The summed E-state index contributed by atoms with van der Waals surface area (Å²) in [5, 5.41) is 0. The topological polar surface area (TPSA) is 18.5 Å². The van der Waals surface area contributed by atoms with E-state index in [9.17, 15) is 0 Å². The zero-order valence-corrected chi connectivity index (χ0v) is 2.82. The standard InChI is InChI=1S/B2H4O2/c1-3-4-2/h1-2H2. The minimum absolute atomic E-state index is 1.46. The maximum atomic E-state index is 4.04. The summed E-state index contributed by atoms with van der Waals surface area (Å²) in [5.74, 6) is 0. The lowest BCUT2D eigenvalue weighted by atomic mass is 10.6. The quantitative estimate of drug-likeness (QED) is 0.198. The lowest BCUT2D eigenvalue weighted by molar-refractivity contribution is -0.0859. The van der Waals surface area contributed by atoms with Gasteiger partial charge in [-0.3, -0.25) is 0 Å². The molecule has 0 amide bonds. The van der Waals surface area contributed by atoms with Gasteiger partial charge in [0.15, 0.2) is 0 Å². The molecule has 0 aliphatic carbocycles. The zero-order chi connectivity index (χ0) is 3.41. The third-order valence-corrected chi connectivity index (χ3v) is 0.167. The highest BCUT2D eigenvalue weighted by molar-refractivity contribution is 6.01. The number of hydrogen-bond acceptors (Lipinski definition) is 2. The largest absolute Gasteiger partial charge is 0.331 e. The normalized spacial score (nSPS) is 7.00. The van der Waals surface area contributed by atoms with Crippen LogP contribution in [-0.2, 0) is 9.61 Å². The van der Waals surface area contributed by atoms with E-state index in [1.807, 2.05) is 0 Å². The van der Waals surface area contributed by atoms with Crippen LogP contribution in [0.4, 0.5) is 0 Å². The average molecular weight is 57.7 g/mol. The van der Waals surface area contributed by atoms with Gasteiger partial charge in [0.05, 0.1) is 0 Å². The van der Waals surface area contributed by atoms with E-state index in [-0.39, 0.29) is 0 Å². The molecule has 0 heterocycles. The molecular formula is H4B2O2. The van der Waals surface area contributed by atoms with Gasteiger partial charge in [-0.15, -0.1) is 0 Å². The highest BCUT2D eigenvalue weighted by Crippen LogP contribution is 1.47.